The van der Waals surface area contributed by atoms with Crippen LogP contribution in [0.3, 0.4) is 0 Å². The van der Waals surface area contributed by atoms with E-state index in [-0.39, 0.29) is 5.70 Å². The van der Waals surface area contributed by atoms with Gasteiger partial charge in [-0.25, -0.2) is 18.4 Å². The lowest BCUT2D eigenvalue weighted by atomic mass is 9.77. The Balaban J connectivity index is 3.06. The molecule has 0 amide bonds. The minimum absolute atomic E-state index is 0.294. The Hall–Kier alpha value is -3.42. The van der Waals surface area contributed by atoms with Gasteiger partial charge in [0.1, 0.15) is 12.5 Å². The van der Waals surface area contributed by atoms with E-state index in [2.05, 4.69) is 10.1 Å². The first kappa shape index (κ1) is 21.9. The van der Waals surface area contributed by atoms with Crippen LogP contribution in [-0.2, 0) is 20.5 Å². The summed E-state index contributed by atoms with van der Waals surface area (Å²) in [6.07, 6.45) is -5.28. The number of nitrogens with zero attached hydrogens (tertiary/aromatic N) is 1. The van der Waals surface area contributed by atoms with E-state index in [0.29, 0.717) is 12.1 Å². The molecule has 11 heteroatoms. The molecule has 0 spiro atoms. The summed E-state index contributed by atoms with van der Waals surface area (Å²) in [7, 11) is 0.848. The second-order valence-corrected chi connectivity index (χ2v) is 5.91. The molecule has 2 N–H and O–H groups in total. The van der Waals surface area contributed by atoms with Crippen molar-refractivity contribution < 1.29 is 41.4 Å². The van der Waals surface area contributed by atoms with Crippen molar-refractivity contribution in [2.45, 2.75) is 19.0 Å². The van der Waals surface area contributed by atoms with Gasteiger partial charge >= 0.3 is 18.1 Å². The zero-order valence-corrected chi connectivity index (χ0v) is 14.9. The molecule has 29 heavy (non-hydrogen) atoms. The predicted octanol–water partition coefficient (Wildman–Crippen LogP) is 3.16. The monoisotopic (exact) mass is 416 g/mol. The van der Waals surface area contributed by atoms with Crippen LogP contribution in [0.2, 0.25) is 0 Å². The number of methoxy groups -OCH3 is 1. The molecule has 2 rings (SSSR count). The van der Waals surface area contributed by atoms with Crippen LogP contribution in [0, 0.1) is 17.1 Å². The van der Waals surface area contributed by atoms with E-state index >= 15 is 0 Å². The standard InChI is InChI=1S/C18H13F5N2O4/c1-7-11(16(26)27)14(13(17(28)29-2)10(5-19)25-7)12-9(20)4-3-8(6-24)15(12)18(21,22)23/h3-4,14,25H,5H2,1-2H3,(H,26,27). The van der Waals surface area contributed by atoms with Gasteiger partial charge in [-0.15, -0.1) is 0 Å². The number of carboxylic acids is 1. The molecule has 0 bridgehead atoms. The molecule has 0 aliphatic carbocycles. The molecule has 0 saturated heterocycles. The van der Waals surface area contributed by atoms with Gasteiger partial charge in [-0.3, -0.25) is 0 Å². The largest absolute Gasteiger partial charge is 0.478 e. The molecule has 6 nitrogen and oxygen atoms in total. The summed E-state index contributed by atoms with van der Waals surface area (Å²) in [4.78, 5) is 24.0. The normalized spacial score (nSPS) is 17.0. The highest BCUT2D eigenvalue weighted by Crippen LogP contribution is 2.46. The van der Waals surface area contributed by atoms with E-state index in [4.69, 9.17) is 5.26 Å². The van der Waals surface area contributed by atoms with Crippen LogP contribution >= 0.6 is 0 Å². The van der Waals surface area contributed by atoms with Crippen LogP contribution in [0.25, 0.3) is 0 Å². The summed E-state index contributed by atoms with van der Waals surface area (Å²) in [6.45, 7) is -0.272. The molecule has 1 unspecified atom stereocenters. The highest BCUT2D eigenvalue weighted by molar-refractivity contribution is 5.99. The van der Waals surface area contributed by atoms with E-state index < -0.39 is 70.1 Å². The van der Waals surface area contributed by atoms with Crippen molar-refractivity contribution in [1.82, 2.24) is 5.32 Å². The summed E-state index contributed by atoms with van der Waals surface area (Å²) < 4.78 is 73.9. The number of rotatable bonds is 4. The van der Waals surface area contributed by atoms with Gasteiger partial charge in [0, 0.05) is 11.3 Å². The number of nitrogens with one attached hydrogen (secondary N) is 1. The van der Waals surface area contributed by atoms with Crippen molar-refractivity contribution in [2.24, 2.45) is 0 Å². The van der Waals surface area contributed by atoms with E-state index in [1.54, 1.807) is 0 Å². The van der Waals surface area contributed by atoms with Crippen molar-refractivity contribution in [2.75, 3.05) is 13.8 Å². The van der Waals surface area contributed by atoms with Crippen LogP contribution in [0.1, 0.15) is 29.5 Å². The minimum Gasteiger partial charge on any atom is -0.478 e. The lowest BCUT2D eigenvalue weighted by molar-refractivity contribution is -0.140. The Morgan fingerprint density at radius 3 is 2.38 bits per heavy atom. The number of esters is 1. The van der Waals surface area contributed by atoms with Gasteiger partial charge in [0.05, 0.1) is 47.1 Å². The van der Waals surface area contributed by atoms with Crippen LogP contribution in [0.5, 0.6) is 0 Å². The number of carbonyl (C=O) groups excluding carboxylic acids is 1. The number of carbonyl (C=O) groups is 2. The van der Waals surface area contributed by atoms with Crippen LogP contribution in [0.4, 0.5) is 22.0 Å². The molecule has 1 aliphatic heterocycles. The third-order valence-corrected chi connectivity index (χ3v) is 4.30. The van der Waals surface area contributed by atoms with Crippen molar-refractivity contribution in [3.63, 3.8) is 0 Å². The number of hydrogen-bond donors (Lipinski definition) is 2. The first-order valence-corrected chi connectivity index (χ1v) is 7.87. The summed E-state index contributed by atoms with van der Waals surface area (Å²) in [5, 5.41) is 20.9. The molecule has 0 aromatic heterocycles. The third-order valence-electron chi connectivity index (χ3n) is 4.30. The molecule has 0 radical (unpaired) electrons. The molecule has 1 atom stereocenters. The maximum absolute atomic E-state index is 14.7. The van der Waals surface area contributed by atoms with E-state index in [0.717, 1.165) is 14.0 Å². The number of ether oxygens (including phenoxy) is 1. The average molecular weight is 416 g/mol. The van der Waals surface area contributed by atoms with Crippen molar-refractivity contribution >= 4 is 11.9 Å². The van der Waals surface area contributed by atoms with E-state index in [9.17, 15) is 36.6 Å². The molecule has 1 heterocycles. The number of alkyl halides is 4. The van der Waals surface area contributed by atoms with Crippen molar-refractivity contribution in [3.05, 3.63) is 57.2 Å². The highest BCUT2D eigenvalue weighted by atomic mass is 19.4. The Labute approximate surface area is 160 Å². The molecule has 1 aromatic carbocycles. The fraction of sp³-hybridized carbons (Fsp3) is 0.278. The van der Waals surface area contributed by atoms with Gasteiger partial charge in [0.2, 0.25) is 0 Å². The summed E-state index contributed by atoms with van der Waals surface area (Å²) in [5.74, 6) is -6.81. The number of allylic oxidation sites excluding steroid dienone is 2. The maximum atomic E-state index is 14.7. The first-order chi connectivity index (χ1) is 13.5. The Morgan fingerprint density at radius 2 is 1.93 bits per heavy atom. The van der Waals surface area contributed by atoms with E-state index in [1.807, 2.05) is 0 Å². The van der Waals surface area contributed by atoms with Gasteiger partial charge < -0.3 is 15.2 Å². The zero-order chi connectivity index (χ0) is 22.1. The highest BCUT2D eigenvalue weighted by Gasteiger charge is 2.46. The number of benzene rings is 1. The molecule has 1 aromatic rings. The fourth-order valence-corrected chi connectivity index (χ4v) is 3.20. The molecule has 0 saturated carbocycles. The topological polar surface area (TPSA) is 99.4 Å². The molecular formula is C18H13F5N2O4. The van der Waals surface area contributed by atoms with Crippen molar-refractivity contribution in [1.29, 1.82) is 5.26 Å². The number of hydrogen-bond acceptors (Lipinski definition) is 5. The zero-order valence-electron chi connectivity index (χ0n) is 14.9. The van der Waals surface area contributed by atoms with Gasteiger partial charge in [0.25, 0.3) is 0 Å². The Kier molecular flexibility index (Phi) is 5.96. The number of aliphatic carboxylic acids is 1. The molecule has 154 valence electrons. The van der Waals surface area contributed by atoms with Crippen molar-refractivity contribution in [3.8, 4) is 6.07 Å². The maximum Gasteiger partial charge on any atom is 0.418 e. The molecule has 1 aliphatic rings. The number of dihydropyridines is 1. The lowest BCUT2D eigenvalue weighted by Crippen LogP contribution is -2.34. The molecular weight excluding hydrogens is 403 g/mol. The summed E-state index contributed by atoms with van der Waals surface area (Å²) in [5.41, 5.74) is -6.53. The third kappa shape index (κ3) is 3.78. The van der Waals surface area contributed by atoms with Crippen LogP contribution < -0.4 is 5.32 Å². The lowest BCUT2D eigenvalue weighted by Gasteiger charge is -2.31. The number of carboxylic acid groups (broad SMARTS) is 1. The Morgan fingerprint density at radius 1 is 1.31 bits per heavy atom. The Bertz CT molecular complexity index is 989. The van der Waals surface area contributed by atoms with Gasteiger partial charge in [-0.1, -0.05) is 0 Å². The predicted molar refractivity (Wildman–Crippen MR) is 87.3 cm³/mol. The second-order valence-electron chi connectivity index (χ2n) is 5.91. The van der Waals surface area contributed by atoms with Crippen LogP contribution in [-0.4, -0.2) is 30.8 Å². The first-order valence-electron chi connectivity index (χ1n) is 7.87. The quantitative estimate of drug-likeness (QED) is 0.578. The number of halogens is 5. The van der Waals surface area contributed by atoms with Gasteiger partial charge in [-0.2, -0.15) is 18.4 Å². The smallest absolute Gasteiger partial charge is 0.418 e. The average Bonchev–Trinajstić information content (AvgIpc) is 2.65. The van der Waals surface area contributed by atoms with E-state index in [1.165, 1.54) is 6.07 Å². The second kappa shape index (κ2) is 7.90. The number of nitriles is 1. The van der Waals surface area contributed by atoms with Gasteiger partial charge in [-0.05, 0) is 19.1 Å². The van der Waals surface area contributed by atoms with Gasteiger partial charge in [0.15, 0.2) is 0 Å². The fourth-order valence-electron chi connectivity index (χ4n) is 3.20. The summed E-state index contributed by atoms with van der Waals surface area (Å²) in [6, 6.07) is 2.40. The van der Waals surface area contributed by atoms with Crippen LogP contribution in [0.15, 0.2) is 34.7 Å². The minimum atomic E-state index is -5.28. The molecule has 0 fully saturated rings. The SMILES string of the molecule is COC(=O)C1=C(CF)NC(C)=C(C(=O)O)C1c1c(F)ccc(C#N)c1C(F)(F)F. The summed E-state index contributed by atoms with van der Waals surface area (Å²) >= 11 is 0.